The molecule has 0 saturated heterocycles. The Morgan fingerprint density at radius 3 is 2.73 bits per heavy atom. The summed E-state index contributed by atoms with van der Waals surface area (Å²) in [5.74, 6) is 6.39. The van der Waals surface area contributed by atoms with E-state index in [2.05, 4.69) is 25.9 Å². The third-order valence-electron chi connectivity index (χ3n) is 3.18. The van der Waals surface area contributed by atoms with Crippen LogP contribution in [0.2, 0.25) is 0 Å². The summed E-state index contributed by atoms with van der Waals surface area (Å²) in [6, 6.07) is 9.37. The average Bonchev–Trinajstić information content (AvgIpc) is 2.89. The highest BCUT2D eigenvalue weighted by Gasteiger charge is 2.14. The molecule has 22 heavy (non-hydrogen) atoms. The van der Waals surface area contributed by atoms with E-state index >= 15 is 0 Å². The smallest absolute Gasteiger partial charge is 0.161 e. The highest BCUT2D eigenvalue weighted by Crippen LogP contribution is 2.38. The molecule has 1 aromatic carbocycles. The zero-order chi connectivity index (χ0) is 15.5. The molecule has 0 aliphatic carbocycles. The number of amidine groups is 1. The number of nitrogens with two attached hydrogens (primary N) is 1. The minimum atomic E-state index is 0.366. The zero-order valence-corrected chi connectivity index (χ0v) is 12.6. The molecule has 0 aliphatic heterocycles. The van der Waals surface area contributed by atoms with E-state index in [-0.39, 0.29) is 0 Å². The standard InChI is InChI=1S/C14H14N6OS/c1-8-10-11(13(19-15)17-7-16-10)22-14(8)18-12(20-21)9-5-3-2-4-6-9/h2-7,21H,15H2,1H3,(H,18,20)(H,16,17,19). The van der Waals surface area contributed by atoms with Crippen molar-refractivity contribution in [2.24, 2.45) is 10.8 Å². The Hall–Kier alpha value is -2.55. The maximum Gasteiger partial charge on any atom is 0.161 e. The predicted molar refractivity (Wildman–Crippen MR) is 87.5 cm³/mol. The highest BCUT2D eigenvalue weighted by molar-refractivity contribution is 7.23. The Balaban J connectivity index is 2.14. The number of hydrogen-bond donors (Lipinski definition) is 4. The largest absolute Gasteiger partial charge is 0.307 e. The Kier molecular flexibility index (Phi) is 3.96. The van der Waals surface area contributed by atoms with Crippen molar-refractivity contribution in [3.8, 4) is 0 Å². The molecule has 112 valence electrons. The number of rotatable bonds is 3. The van der Waals surface area contributed by atoms with Crippen LogP contribution in [0.3, 0.4) is 0 Å². The van der Waals surface area contributed by atoms with E-state index in [4.69, 9.17) is 5.84 Å². The summed E-state index contributed by atoms with van der Waals surface area (Å²) in [4.78, 5) is 12.9. The normalized spacial score (nSPS) is 11.7. The number of nitrogen functional groups attached to an aromatic ring is 1. The van der Waals surface area contributed by atoms with Gasteiger partial charge in [-0.15, -0.1) is 11.3 Å². The van der Waals surface area contributed by atoms with Gasteiger partial charge in [0.2, 0.25) is 0 Å². The first-order valence-electron chi connectivity index (χ1n) is 6.49. The average molecular weight is 314 g/mol. The Labute approximate surface area is 130 Å². The number of benzene rings is 1. The van der Waals surface area contributed by atoms with Gasteiger partial charge >= 0.3 is 0 Å². The van der Waals surface area contributed by atoms with Crippen LogP contribution < -0.4 is 16.7 Å². The summed E-state index contributed by atoms with van der Waals surface area (Å²) < 4.78 is 0.826. The third kappa shape index (κ3) is 2.50. The van der Waals surface area contributed by atoms with Crippen LogP contribution in [-0.4, -0.2) is 21.0 Å². The van der Waals surface area contributed by atoms with Crippen molar-refractivity contribution < 1.29 is 5.21 Å². The SMILES string of the molecule is Cc1c(N=C(NO)c2ccccc2)sc2c(NN)ncnc12. The van der Waals surface area contributed by atoms with E-state index in [0.717, 1.165) is 26.3 Å². The number of aryl methyl sites for hydroxylation is 1. The van der Waals surface area contributed by atoms with Crippen LogP contribution in [0.1, 0.15) is 11.1 Å². The van der Waals surface area contributed by atoms with Gasteiger partial charge in [0.1, 0.15) is 11.3 Å². The van der Waals surface area contributed by atoms with Crippen molar-refractivity contribution in [3.05, 3.63) is 47.8 Å². The van der Waals surface area contributed by atoms with E-state index in [0.29, 0.717) is 11.7 Å². The molecular formula is C14H14N6OS. The van der Waals surface area contributed by atoms with Crippen LogP contribution >= 0.6 is 11.3 Å². The fourth-order valence-corrected chi connectivity index (χ4v) is 3.16. The van der Waals surface area contributed by atoms with Crippen LogP contribution in [0.4, 0.5) is 10.8 Å². The Morgan fingerprint density at radius 2 is 2.05 bits per heavy atom. The molecule has 0 saturated carbocycles. The number of thiophene rings is 1. The van der Waals surface area contributed by atoms with Crippen LogP contribution in [0, 0.1) is 6.92 Å². The first-order valence-corrected chi connectivity index (χ1v) is 7.31. The summed E-state index contributed by atoms with van der Waals surface area (Å²) in [6.45, 7) is 1.92. The van der Waals surface area contributed by atoms with Crippen molar-refractivity contribution in [2.45, 2.75) is 6.92 Å². The lowest BCUT2D eigenvalue weighted by Crippen LogP contribution is -2.19. The number of hydrogen-bond acceptors (Lipinski definition) is 7. The van der Waals surface area contributed by atoms with Crippen LogP contribution in [0.15, 0.2) is 41.7 Å². The molecule has 3 rings (SSSR count). The van der Waals surface area contributed by atoms with Gasteiger partial charge in [-0.3, -0.25) is 10.7 Å². The van der Waals surface area contributed by atoms with E-state index in [1.807, 2.05) is 37.3 Å². The van der Waals surface area contributed by atoms with Crippen molar-refractivity contribution in [3.63, 3.8) is 0 Å². The van der Waals surface area contributed by atoms with Crippen LogP contribution in [0.25, 0.3) is 10.2 Å². The minimum absolute atomic E-state index is 0.366. The maximum absolute atomic E-state index is 9.37. The number of nitrogens with zero attached hydrogens (tertiary/aromatic N) is 3. The number of aromatic nitrogens is 2. The molecule has 2 heterocycles. The van der Waals surface area contributed by atoms with Crippen molar-refractivity contribution in [1.29, 1.82) is 0 Å². The molecule has 3 aromatic rings. The molecule has 5 N–H and O–H groups in total. The first kappa shape index (κ1) is 14.4. The van der Waals surface area contributed by atoms with Gasteiger partial charge in [-0.05, 0) is 6.92 Å². The van der Waals surface area contributed by atoms with Gasteiger partial charge in [-0.25, -0.2) is 20.8 Å². The predicted octanol–water partition coefficient (Wildman–Crippen LogP) is 2.34. The Bertz CT molecular complexity index is 830. The highest BCUT2D eigenvalue weighted by atomic mass is 32.1. The van der Waals surface area contributed by atoms with Crippen molar-refractivity contribution in [2.75, 3.05) is 5.43 Å². The molecule has 0 bridgehead atoms. The molecule has 0 aliphatic rings. The zero-order valence-electron chi connectivity index (χ0n) is 11.7. The monoisotopic (exact) mass is 314 g/mol. The Morgan fingerprint density at radius 1 is 1.27 bits per heavy atom. The first-order chi connectivity index (χ1) is 10.7. The van der Waals surface area contributed by atoms with Gasteiger partial charge in [0.05, 0.1) is 10.2 Å². The lowest BCUT2D eigenvalue weighted by atomic mass is 10.2. The fourth-order valence-electron chi connectivity index (χ4n) is 2.07. The molecule has 0 atom stereocenters. The van der Waals surface area contributed by atoms with Crippen LogP contribution in [0.5, 0.6) is 0 Å². The van der Waals surface area contributed by atoms with Gasteiger partial charge in [-0.1, -0.05) is 30.3 Å². The molecule has 7 nitrogen and oxygen atoms in total. The lowest BCUT2D eigenvalue weighted by Gasteiger charge is -2.03. The van der Waals surface area contributed by atoms with Gasteiger partial charge in [0.25, 0.3) is 0 Å². The summed E-state index contributed by atoms with van der Waals surface area (Å²) in [5, 5.41) is 10.1. The molecule has 0 unspecified atom stereocenters. The van der Waals surface area contributed by atoms with Gasteiger partial charge < -0.3 is 5.43 Å². The van der Waals surface area contributed by atoms with Gasteiger partial charge in [0, 0.05) is 11.1 Å². The second-order valence-corrected chi connectivity index (χ2v) is 5.51. The summed E-state index contributed by atoms with van der Waals surface area (Å²) in [6.07, 6.45) is 1.45. The van der Waals surface area contributed by atoms with Crippen molar-refractivity contribution in [1.82, 2.24) is 15.4 Å². The number of hydrazine groups is 1. The fraction of sp³-hybridized carbons (Fsp3) is 0.0714. The quantitative estimate of drug-likeness (QED) is 0.256. The van der Waals surface area contributed by atoms with Crippen molar-refractivity contribution >= 4 is 38.2 Å². The summed E-state index contributed by atoms with van der Waals surface area (Å²) in [7, 11) is 0. The molecule has 0 amide bonds. The van der Waals surface area contributed by atoms with E-state index in [9.17, 15) is 5.21 Å². The van der Waals surface area contributed by atoms with Gasteiger partial charge in [-0.2, -0.15) is 0 Å². The third-order valence-corrected chi connectivity index (χ3v) is 4.36. The second kappa shape index (κ2) is 6.06. The number of hydroxylamine groups is 1. The molecular weight excluding hydrogens is 300 g/mol. The van der Waals surface area contributed by atoms with E-state index < -0.39 is 0 Å². The summed E-state index contributed by atoms with van der Waals surface area (Å²) in [5.41, 5.74) is 7.18. The van der Waals surface area contributed by atoms with E-state index in [1.165, 1.54) is 17.7 Å². The number of fused-ring (bicyclic) bond motifs is 1. The number of anilines is 1. The number of nitrogens with one attached hydrogen (secondary N) is 2. The van der Waals surface area contributed by atoms with Gasteiger partial charge in [0.15, 0.2) is 11.7 Å². The molecule has 2 aromatic heterocycles. The molecule has 8 heteroatoms. The minimum Gasteiger partial charge on any atom is -0.307 e. The topological polar surface area (TPSA) is 108 Å². The molecule has 0 fully saturated rings. The van der Waals surface area contributed by atoms with E-state index in [1.54, 1.807) is 0 Å². The summed E-state index contributed by atoms with van der Waals surface area (Å²) >= 11 is 1.41. The molecule has 0 radical (unpaired) electrons. The van der Waals surface area contributed by atoms with Crippen LogP contribution in [-0.2, 0) is 0 Å². The molecule has 0 spiro atoms. The maximum atomic E-state index is 9.37. The lowest BCUT2D eigenvalue weighted by molar-refractivity contribution is 0.235. The number of aliphatic imine (C=N–C) groups is 1. The second-order valence-electron chi connectivity index (χ2n) is 4.51.